The van der Waals surface area contributed by atoms with Gasteiger partial charge in [0.05, 0.1) is 12.2 Å². The van der Waals surface area contributed by atoms with E-state index in [1.54, 1.807) is 6.07 Å². The second-order valence-electron chi connectivity index (χ2n) is 7.68. The van der Waals surface area contributed by atoms with E-state index < -0.39 is 35.3 Å². The third-order valence-electron chi connectivity index (χ3n) is 5.75. The van der Waals surface area contributed by atoms with E-state index in [-0.39, 0.29) is 0 Å². The number of aliphatic hydroxyl groups excluding tert-OH is 2. The van der Waals surface area contributed by atoms with Crippen LogP contribution in [0.3, 0.4) is 0 Å². The van der Waals surface area contributed by atoms with Gasteiger partial charge in [-0.05, 0) is 48.7 Å². The van der Waals surface area contributed by atoms with E-state index >= 15 is 0 Å². The number of likely N-dealkylation sites (tertiary alicyclic amines) is 1. The zero-order chi connectivity index (χ0) is 19.9. The lowest BCUT2D eigenvalue weighted by Gasteiger charge is -2.46. The first-order valence-electron chi connectivity index (χ1n) is 9.37. The van der Waals surface area contributed by atoms with Crippen LogP contribution in [-0.4, -0.2) is 40.3 Å². The van der Waals surface area contributed by atoms with Gasteiger partial charge in [-0.2, -0.15) is 0 Å². The minimum atomic E-state index is -0.978. The van der Waals surface area contributed by atoms with Crippen molar-refractivity contribution in [3.63, 3.8) is 0 Å². The molecule has 0 bridgehead atoms. The van der Waals surface area contributed by atoms with Crippen molar-refractivity contribution in [3.05, 3.63) is 65.0 Å². The molecule has 2 aromatic carbocycles. The Bertz CT molecular complexity index is 868. The highest BCUT2D eigenvalue weighted by Crippen LogP contribution is 2.44. The first kappa shape index (κ1) is 19.2. The zero-order valence-corrected chi connectivity index (χ0v) is 15.2. The summed E-state index contributed by atoms with van der Waals surface area (Å²) < 4.78 is 46.0. The molecule has 1 spiro atoms. The molecule has 2 N–H and O–H groups in total. The quantitative estimate of drug-likeness (QED) is 0.838. The lowest BCUT2D eigenvalue weighted by atomic mass is 9.81. The van der Waals surface area contributed by atoms with Crippen molar-refractivity contribution in [2.45, 2.75) is 37.1 Å². The average molecular weight is 393 g/mol. The fourth-order valence-corrected chi connectivity index (χ4v) is 4.13. The maximum Gasteiger partial charge on any atom is 0.159 e. The van der Waals surface area contributed by atoms with Crippen molar-refractivity contribution >= 4 is 0 Å². The van der Waals surface area contributed by atoms with E-state index in [0.29, 0.717) is 55.8 Å². The molecule has 0 unspecified atom stereocenters. The summed E-state index contributed by atoms with van der Waals surface area (Å²) in [5.74, 6) is -1.81. The molecule has 0 amide bonds. The number of rotatable bonds is 3. The Morgan fingerprint density at radius 3 is 2.54 bits per heavy atom. The lowest BCUT2D eigenvalue weighted by Crippen LogP contribution is -2.51. The summed E-state index contributed by atoms with van der Waals surface area (Å²) in [7, 11) is 0. The van der Waals surface area contributed by atoms with Crippen LogP contribution in [0.2, 0.25) is 0 Å². The van der Waals surface area contributed by atoms with Crippen LogP contribution in [0.15, 0.2) is 36.4 Å². The number of piperidine rings is 1. The molecule has 2 atom stereocenters. The summed E-state index contributed by atoms with van der Waals surface area (Å²) in [4.78, 5) is 2.03. The van der Waals surface area contributed by atoms with Crippen LogP contribution in [-0.2, 0) is 0 Å². The van der Waals surface area contributed by atoms with E-state index in [2.05, 4.69) is 0 Å². The molecule has 0 aliphatic carbocycles. The molecule has 2 aromatic rings. The molecular weight excluding hydrogens is 371 g/mol. The van der Waals surface area contributed by atoms with Gasteiger partial charge < -0.3 is 19.8 Å². The van der Waals surface area contributed by atoms with E-state index in [1.165, 1.54) is 18.2 Å². The van der Waals surface area contributed by atoms with Crippen LogP contribution >= 0.6 is 0 Å². The standard InChI is InChI=1S/C21H22F3NO3/c22-14-2-4-20-15(10-14)18(26)11-21(28-20)5-7-25(8-6-21)12-19(27)13-1-3-16(23)17(24)9-13/h1-4,9-10,18-19,26-27H,5-8,11-12H2/t18-,19+/m1/s1. The Kier molecular flexibility index (Phi) is 5.07. The summed E-state index contributed by atoms with van der Waals surface area (Å²) in [6, 6.07) is 7.58. The number of fused-ring (bicyclic) bond motifs is 1. The van der Waals surface area contributed by atoms with Crippen molar-refractivity contribution in [2.24, 2.45) is 0 Å². The summed E-state index contributed by atoms with van der Waals surface area (Å²) in [5, 5.41) is 20.8. The highest BCUT2D eigenvalue weighted by Gasteiger charge is 2.43. The summed E-state index contributed by atoms with van der Waals surface area (Å²) in [6.45, 7) is 1.56. The van der Waals surface area contributed by atoms with Crippen molar-refractivity contribution in [1.82, 2.24) is 4.90 Å². The van der Waals surface area contributed by atoms with Gasteiger partial charge in [-0.15, -0.1) is 0 Å². The molecule has 0 aromatic heterocycles. The molecule has 2 aliphatic heterocycles. The maximum atomic E-state index is 13.4. The van der Waals surface area contributed by atoms with Gasteiger partial charge in [0.25, 0.3) is 0 Å². The number of ether oxygens (including phenoxy) is 1. The molecule has 1 saturated heterocycles. The second kappa shape index (κ2) is 7.39. The van der Waals surface area contributed by atoms with Crippen molar-refractivity contribution in [2.75, 3.05) is 19.6 Å². The number of hydrogen-bond donors (Lipinski definition) is 2. The van der Waals surface area contributed by atoms with E-state index in [1.807, 2.05) is 4.90 Å². The number of β-amino-alcohol motifs (C(OH)–C–C–N with tert-alkyl or cyclic N) is 1. The normalized spacial score (nSPS) is 22.5. The van der Waals surface area contributed by atoms with Crippen LogP contribution in [0, 0.1) is 17.5 Å². The number of halogens is 3. The summed E-state index contributed by atoms with van der Waals surface area (Å²) >= 11 is 0. The molecule has 7 heteroatoms. The molecule has 2 aliphatic rings. The third-order valence-corrected chi connectivity index (χ3v) is 5.75. The molecule has 150 valence electrons. The minimum Gasteiger partial charge on any atom is -0.487 e. The first-order valence-corrected chi connectivity index (χ1v) is 9.37. The summed E-state index contributed by atoms with van der Waals surface area (Å²) in [6.07, 6.45) is -0.0238. The number of hydrogen-bond acceptors (Lipinski definition) is 4. The monoisotopic (exact) mass is 393 g/mol. The second-order valence-corrected chi connectivity index (χ2v) is 7.68. The molecule has 4 nitrogen and oxygen atoms in total. The van der Waals surface area contributed by atoms with E-state index in [0.717, 1.165) is 12.1 Å². The van der Waals surface area contributed by atoms with Crippen molar-refractivity contribution in [3.8, 4) is 5.75 Å². The molecule has 4 rings (SSSR count). The van der Waals surface area contributed by atoms with Crippen molar-refractivity contribution in [1.29, 1.82) is 0 Å². The minimum absolute atomic E-state index is 0.297. The SMILES string of the molecule is O[C@@H]1CC2(CCN(C[C@H](O)c3ccc(F)c(F)c3)CC2)Oc2ccc(F)cc21. The Morgan fingerprint density at radius 2 is 1.82 bits per heavy atom. The number of nitrogens with zero attached hydrogens (tertiary/aromatic N) is 1. The third kappa shape index (κ3) is 3.74. The van der Waals surface area contributed by atoms with Gasteiger partial charge in [-0.25, -0.2) is 13.2 Å². The topological polar surface area (TPSA) is 52.9 Å². The van der Waals surface area contributed by atoms with Gasteiger partial charge in [-0.3, -0.25) is 0 Å². The molecule has 0 saturated carbocycles. The predicted molar refractivity (Wildman–Crippen MR) is 96.3 cm³/mol. The fraction of sp³-hybridized carbons (Fsp3) is 0.429. The zero-order valence-electron chi connectivity index (χ0n) is 15.2. The maximum absolute atomic E-state index is 13.4. The molecule has 2 heterocycles. The van der Waals surface area contributed by atoms with Crippen LogP contribution < -0.4 is 4.74 Å². The molecule has 1 fully saturated rings. The Labute approximate surface area is 161 Å². The van der Waals surface area contributed by atoms with E-state index in [9.17, 15) is 23.4 Å². The van der Waals surface area contributed by atoms with Gasteiger partial charge in [0, 0.05) is 31.6 Å². The molecule has 0 radical (unpaired) electrons. The largest absolute Gasteiger partial charge is 0.487 e. The van der Waals surface area contributed by atoms with Crippen LogP contribution in [0.4, 0.5) is 13.2 Å². The van der Waals surface area contributed by atoms with Gasteiger partial charge in [0.15, 0.2) is 11.6 Å². The highest BCUT2D eigenvalue weighted by molar-refractivity contribution is 5.38. The number of aliphatic hydroxyl groups is 2. The van der Waals surface area contributed by atoms with Gasteiger partial charge in [0.1, 0.15) is 17.2 Å². The van der Waals surface area contributed by atoms with Crippen LogP contribution in [0.25, 0.3) is 0 Å². The molecule has 28 heavy (non-hydrogen) atoms. The summed E-state index contributed by atoms with van der Waals surface area (Å²) in [5.41, 5.74) is 0.287. The Morgan fingerprint density at radius 1 is 1.07 bits per heavy atom. The van der Waals surface area contributed by atoms with E-state index in [4.69, 9.17) is 4.74 Å². The van der Waals surface area contributed by atoms with Crippen LogP contribution in [0.5, 0.6) is 5.75 Å². The van der Waals surface area contributed by atoms with Gasteiger partial charge in [-0.1, -0.05) is 6.07 Å². The molecular formula is C21H22F3NO3. The van der Waals surface area contributed by atoms with Gasteiger partial charge >= 0.3 is 0 Å². The average Bonchev–Trinajstić information content (AvgIpc) is 2.67. The van der Waals surface area contributed by atoms with Gasteiger partial charge in [0.2, 0.25) is 0 Å². The Hall–Kier alpha value is -2.09. The van der Waals surface area contributed by atoms with Crippen LogP contribution in [0.1, 0.15) is 42.6 Å². The predicted octanol–water partition coefficient (Wildman–Crippen LogP) is 3.49. The fourth-order valence-electron chi connectivity index (χ4n) is 4.13. The Balaban J connectivity index is 1.39. The van der Waals surface area contributed by atoms with Crippen molar-refractivity contribution < 1.29 is 28.1 Å². The smallest absolute Gasteiger partial charge is 0.159 e. The first-order chi connectivity index (χ1) is 13.3. The highest BCUT2D eigenvalue weighted by atomic mass is 19.2. The number of benzene rings is 2. The lowest BCUT2D eigenvalue weighted by molar-refractivity contribution is -0.0589.